The van der Waals surface area contributed by atoms with E-state index in [1.165, 1.54) is 18.2 Å². The average Bonchev–Trinajstić information content (AvgIpc) is 2.93. The van der Waals surface area contributed by atoms with E-state index in [9.17, 15) is 19.8 Å². The first kappa shape index (κ1) is 14.5. The Morgan fingerprint density at radius 1 is 1.17 bits per heavy atom. The molecule has 126 valence electrons. The molecule has 7 heteroatoms. The number of ketones is 2. The fourth-order valence-electron chi connectivity index (χ4n) is 4.68. The Bertz CT molecular complexity index is 804. The number of phenolic OH excluding ortho intramolecular Hbond substituents is 1. The second-order valence-corrected chi connectivity index (χ2v) is 7.09. The number of carbonyl (C=O) groups is 2. The summed E-state index contributed by atoms with van der Waals surface area (Å²) in [4.78, 5) is 25.8. The van der Waals surface area contributed by atoms with E-state index >= 15 is 0 Å². The van der Waals surface area contributed by atoms with Gasteiger partial charge < -0.3 is 24.4 Å². The highest BCUT2D eigenvalue weighted by molar-refractivity contribution is 6.19. The number of Topliss-reactive ketones (excluding diaryl/α,β-unsaturated/α-hetero) is 2. The molecule has 2 N–H and O–H groups in total. The summed E-state index contributed by atoms with van der Waals surface area (Å²) in [5.41, 5.74) is -2.50. The normalized spacial score (nSPS) is 48.4. The Hall–Kier alpha value is -1.80. The van der Waals surface area contributed by atoms with Crippen LogP contribution in [0.1, 0.15) is 34.6 Å². The molecular formula is C17H16O7. The molecule has 3 fully saturated rings. The molecule has 1 aliphatic carbocycles. The van der Waals surface area contributed by atoms with Crippen molar-refractivity contribution in [2.75, 3.05) is 0 Å². The van der Waals surface area contributed by atoms with Crippen molar-refractivity contribution in [3.63, 3.8) is 0 Å². The van der Waals surface area contributed by atoms with Crippen LogP contribution in [0.15, 0.2) is 18.2 Å². The average molecular weight is 332 g/mol. The van der Waals surface area contributed by atoms with Crippen LogP contribution in [0, 0.1) is 5.92 Å². The van der Waals surface area contributed by atoms with Crippen LogP contribution in [-0.4, -0.2) is 57.6 Å². The van der Waals surface area contributed by atoms with E-state index in [2.05, 4.69) is 0 Å². The predicted molar refractivity (Wildman–Crippen MR) is 77.7 cm³/mol. The number of carbonyl (C=O) groups excluding carboxylic acids is 2. The van der Waals surface area contributed by atoms with Gasteiger partial charge in [-0.15, -0.1) is 0 Å². The number of phenols is 1. The Kier molecular flexibility index (Phi) is 2.45. The van der Waals surface area contributed by atoms with Crippen molar-refractivity contribution in [2.24, 2.45) is 5.92 Å². The molecule has 7 nitrogen and oxygen atoms in total. The molecule has 24 heavy (non-hydrogen) atoms. The summed E-state index contributed by atoms with van der Waals surface area (Å²) in [6.45, 7) is 3.35. The standard InChI is InChI=1S/C17H16O7/c1-6-17(21)15(22-6)23-14-10-11(19)7-4-3-5-8(18)9(7)12(20)13(10)24-16(14,17)2/h3-6,10,13-15,18,21H,1-2H3/t6-,10?,13?,14-,15-,16+,17+/m1/s1. The highest BCUT2D eigenvalue weighted by Gasteiger charge is 2.80. The van der Waals surface area contributed by atoms with Crippen LogP contribution < -0.4 is 0 Å². The molecule has 1 aromatic carbocycles. The molecule has 0 saturated carbocycles. The second-order valence-electron chi connectivity index (χ2n) is 7.09. The first-order chi connectivity index (χ1) is 11.3. The molecular weight excluding hydrogens is 316 g/mol. The largest absolute Gasteiger partial charge is 0.507 e. The molecule has 7 atom stereocenters. The number of aliphatic hydroxyl groups is 1. The smallest absolute Gasteiger partial charge is 0.196 e. The third-order valence-electron chi connectivity index (χ3n) is 6.05. The lowest BCUT2D eigenvalue weighted by Crippen LogP contribution is -2.71. The lowest BCUT2D eigenvalue weighted by molar-refractivity contribution is -0.365. The molecule has 0 amide bonds. The molecule has 2 unspecified atom stereocenters. The van der Waals surface area contributed by atoms with Gasteiger partial charge in [-0.2, -0.15) is 0 Å². The lowest BCUT2D eigenvalue weighted by atomic mass is 9.71. The van der Waals surface area contributed by atoms with Crippen LogP contribution in [-0.2, 0) is 14.2 Å². The Balaban J connectivity index is 1.66. The van der Waals surface area contributed by atoms with Crippen LogP contribution >= 0.6 is 0 Å². The van der Waals surface area contributed by atoms with Crippen LogP contribution in [0.25, 0.3) is 0 Å². The number of rotatable bonds is 0. The number of hydrogen-bond acceptors (Lipinski definition) is 7. The fourth-order valence-corrected chi connectivity index (χ4v) is 4.68. The Morgan fingerprint density at radius 2 is 1.92 bits per heavy atom. The SMILES string of the molecule is C[C@H]1O[C@@H]2O[C@@H]3C4C(=O)c5cccc(O)c5C(=O)C4O[C@]3(C)[C@@]21O. The van der Waals surface area contributed by atoms with Crippen LogP contribution in [0.4, 0.5) is 0 Å². The van der Waals surface area contributed by atoms with E-state index in [1.54, 1.807) is 13.8 Å². The van der Waals surface area contributed by atoms with Crippen LogP contribution in [0.3, 0.4) is 0 Å². The van der Waals surface area contributed by atoms with Crippen molar-refractivity contribution in [1.29, 1.82) is 0 Å². The van der Waals surface area contributed by atoms with Gasteiger partial charge in [0.15, 0.2) is 23.5 Å². The zero-order chi connectivity index (χ0) is 17.0. The van der Waals surface area contributed by atoms with Gasteiger partial charge in [0.1, 0.15) is 23.6 Å². The summed E-state index contributed by atoms with van der Waals surface area (Å²) in [6.07, 6.45) is -3.25. The maximum atomic E-state index is 13.0. The minimum absolute atomic E-state index is 0.0197. The second kappa shape index (κ2) is 4.05. The molecule has 0 spiro atoms. The quantitative estimate of drug-likeness (QED) is 0.710. The lowest BCUT2D eigenvalue weighted by Gasteiger charge is -2.50. The van der Waals surface area contributed by atoms with E-state index in [-0.39, 0.29) is 22.7 Å². The summed E-state index contributed by atoms with van der Waals surface area (Å²) in [5.74, 6) is -1.88. The van der Waals surface area contributed by atoms with E-state index in [0.717, 1.165) is 0 Å². The van der Waals surface area contributed by atoms with Gasteiger partial charge in [0.05, 0.1) is 17.6 Å². The molecule has 3 saturated heterocycles. The summed E-state index contributed by atoms with van der Waals surface area (Å²) in [5, 5.41) is 21.0. The summed E-state index contributed by atoms with van der Waals surface area (Å²) >= 11 is 0. The Morgan fingerprint density at radius 3 is 2.62 bits per heavy atom. The molecule has 5 rings (SSSR count). The van der Waals surface area contributed by atoms with E-state index in [0.29, 0.717) is 0 Å². The molecule has 0 radical (unpaired) electrons. The maximum absolute atomic E-state index is 13.0. The maximum Gasteiger partial charge on any atom is 0.196 e. The number of ether oxygens (including phenoxy) is 3. The van der Waals surface area contributed by atoms with E-state index in [4.69, 9.17) is 14.2 Å². The predicted octanol–water partition coefficient (Wildman–Crippen LogP) is 0.420. The van der Waals surface area contributed by atoms with Crippen molar-refractivity contribution in [2.45, 2.75) is 49.7 Å². The van der Waals surface area contributed by atoms with Gasteiger partial charge in [0.2, 0.25) is 0 Å². The summed E-state index contributed by atoms with van der Waals surface area (Å²) in [7, 11) is 0. The summed E-state index contributed by atoms with van der Waals surface area (Å²) < 4.78 is 17.1. The topological polar surface area (TPSA) is 102 Å². The number of benzene rings is 1. The van der Waals surface area contributed by atoms with Gasteiger partial charge >= 0.3 is 0 Å². The molecule has 0 aromatic heterocycles. The van der Waals surface area contributed by atoms with Gasteiger partial charge in [-0.3, -0.25) is 9.59 Å². The third kappa shape index (κ3) is 1.28. The zero-order valence-electron chi connectivity index (χ0n) is 13.1. The number of fused-ring (bicyclic) bond motifs is 6. The van der Waals surface area contributed by atoms with Crippen molar-refractivity contribution >= 4 is 11.6 Å². The van der Waals surface area contributed by atoms with Crippen molar-refractivity contribution in [3.05, 3.63) is 29.3 Å². The molecule has 4 aliphatic rings. The van der Waals surface area contributed by atoms with Crippen molar-refractivity contribution in [1.82, 2.24) is 0 Å². The number of aromatic hydroxyl groups is 1. The minimum atomic E-state index is -1.41. The van der Waals surface area contributed by atoms with Crippen molar-refractivity contribution < 1.29 is 34.0 Å². The first-order valence-corrected chi connectivity index (χ1v) is 7.92. The van der Waals surface area contributed by atoms with Gasteiger partial charge in [-0.1, -0.05) is 12.1 Å². The fraction of sp³-hybridized carbons (Fsp3) is 0.529. The van der Waals surface area contributed by atoms with Gasteiger partial charge in [0, 0.05) is 5.56 Å². The van der Waals surface area contributed by atoms with Crippen LogP contribution in [0.2, 0.25) is 0 Å². The van der Waals surface area contributed by atoms with Gasteiger partial charge in [-0.25, -0.2) is 0 Å². The zero-order valence-corrected chi connectivity index (χ0v) is 13.1. The molecule has 1 aromatic rings. The highest BCUT2D eigenvalue weighted by atomic mass is 16.8. The van der Waals surface area contributed by atoms with E-state index < -0.39 is 47.5 Å². The summed E-state index contributed by atoms with van der Waals surface area (Å²) in [6, 6.07) is 4.40. The highest BCUT2D eigenvalue weighted by Crippen LogP contribution is 2.59. The van der Waals surface area contributed by atoms with E-state index in [1.807, 2.05) is 0 Å². The number of hydrogen-bond donors (Lipinski definition) is 2. The van der Waals surface area contributed by atoms with Gasteiger partial charge in [0.25, 0.3) is 0 Å². The van der Waals surface area contributed by atoms with Crippen molar-refractivity contribution in [3.8, 4) is 5.75 Å². The Labute approximate surface area is 137 Å². The monoisotopic (exact) mass is 332 g/mol. The minimum Gasteiger partial charge on any atom is -0.507 e. The molecule has 0 bridgehead atoms. The molecule has 3 aliphatic heterocycles. The van der Waals surface area contributed by atoms with Crippen LogP contribution in [0.5, 0.6) is 5.75 Å². The first-order valence-electron chi connectivity index (χ1n) is 7.92. The third-order valence-corrected chi connectivity index (χ3v) is 6.05. The van der Waals surface area contributed by atoms with Gasteiger partial charge in [-0.05, 0) is 19.9 Å². The molecule has 3 heterocycles.